The molecular formula is C17H27N3O7P2S. The Labute approximate surface area is 178 Å². The molecule has 3 unspecified atom stereocenters. The van der Waals surface area contributed by atoms with Crippen LogP contribution >= 0.6 is 15.9 Å². The lowest BCUT2D eigenvalue weighted by Crippen LogP contribution is -2.44. The average Bonchev–Trinajstić information content (AvgIpc) is 3.01. The Balaban J connectivity index is 2.06. The smallest absolute Gasteiger partial charge is 0.330 e. The molecule has 0 bridgehead atoms. The van der Waals surface area contributed by atoms with Crippen molar-refractivity contribution in [2.45, 2.75) is 26.2 Å². The van der Waals surface area contributed by atoms with Crippen LogP contribution in [0.1, 0.15) is 26.2 Å². The minimum Gasteiger partial charge on any atom is -0.330 e. The highest BCUT2D eigenvalue weighted by Gasteiger charge is 2.34. The first kappa shape index (κ1) is 24.7. The van der Waals surface area contributed by atoms with Crippen LogP contribution < -0.4 is 0 Å². The zero-order chi connectivity index (χ0) is 22.3. The van der Waals surface area contributed by atoms with Crippen LogP contribution in [0, 0.1) is 0 Å². The van der Waals surface area contributed by atoms with Gasteiger partial charge in [0.25, 0.3) is 17.7 Å². The van der Waals surface area contributed by atoms with Crippen molar-refractivity contribution in [3.63, 3.8) is 0 Å². The molecule has 2 heterocycles. The summed E-state index contributed by atoms with van der Waals surface area (Å²) in [6, 6.07) is 0. The monoisotopic (exact) mass is 479 g/mol. The first-order valence-electron chi connectivity index (χ1n) is 9.53. The van der Waals surface area contributed by atoms with Gasteiger partial charge in [-0.2, -0.15) is 0 Å². The highest BCUT2D eigenvalue weighted by atomic mass is 32.5. The molecule has 2 rings (SSSR count). The van der Waals surface area contributed by atoms with Crippen molar-refractivity contribution in [2.75, 3.05) is 37.5 Å². The van der Waals surface area contributed by atoms with E-state index in [-0.39, 0.29) is 38.9 Å². The molecule has 3 atom stereocenters. The number of carbonyl (C=O) groups excluding carboxylic acids is 5. The Hall–Kier alpha value is -1.54. The van der Waals surface area contributed by atoms with E-state index in [0.29, 0.717) is 17.2 Å². The zero-order valence-corrected chi connectivity index (χ0v) is 19.8. The lowest BCUT2D eigenvalue weighted by atomic mass is 10.4. The standard InChI is InChI=1S/C17H27N3O7P2S/c1-2-3-14(22)18(12-21)8-9-19(30(26)11-10-29(30)13-28)7-6-17(25)27-20-15(23)4-5-16(20)24/h2-3,12,29H,4-11,13,28H2,1H3/b3-2-. The maximum Gasteiger partial charge on any atom is 0.334 e. The number of hydroxylamine groups is 2. The number of rotatable bonds is 11. The molecule has 4 amide bonds. The summed E-state index contributed by atoms with van der Waals surface area (Å²) in [4.78, 5) is 64.4. The summed E-state index contributed by atoms with van der Waals surface area (Å²) in [6.45, 7) is 0.784. The van der Waals surface area contributed by atoms with Gasteiger partial charge in [-0.05, 0) is 31.8 Å². The molecule has 13 heteroatoms. The fourth-order valence-electron chi connectivity index (χ4n) is 3.07. The van der Waals surface area contributed by atoms with E-state index < -0.39 is 39.7 Å². The van der Waals surface area contributed by atoms with Crippen LogP contribution in [0.5, 0.6) is 0 Å². The van der Waals surface area contributed by atoms with E-state index in [1.165, 1.54) is 12.2 Å². The third-order valence-electron chi connectivity index (χ3n) is 4.83. The van der Waals surface area contributed by atoms with Crippen LogP contribution in [0.4, 0.5) is 0 Å². The summed E-state index contributed by atoms with van der Waals surface area (Å²) < 4.78 is 15.1. The predicted octanol–water partition coefficient (Wildman–Crippen LogP) is 0.0216. The average molecular weight is 479 g/mol. The van der Waals surface area contributed by atoms with E-state index in [9.17, 15) is 28.2 Å². The summed E-state index contributed by atoms with van der Waals surface area (Å²) in [5.41, 5.74) is 0. The first-order chi connectivity index (χ1) is 14.3. The highest BCUT2D eigenvalue weighted by molar-refractivity contribution is 8.32. The summed E-state index contributed by atoms with van der Waals surface area (Å²) >= 11 is 0. The van der Waals surface area contributed by atoms with Crippen LogP contribution in [0.2, 0.25) is 0 Å². The third-order valence-corrected chi connectivity index (χ3v) is 16.9. The maximum atomic E-state index is 13.4. The lowest BCUT2D eigenvalue weighted by Gasteiger charge is -2.36. The van der Waals surface area contributed by atoms with Crippen molar-refractivity contribution in [3.05, 3.63) is 12.2 Å². The fourth-order valence-corrected chi connectivity index (χ4v) is 13.7. The van der Waals surface area contributed by atoms with Crippen molar-refractivity contribution in [3.8, 4) is 0 Å². The van der Waals surface area contributed by atoms with Gasteiger partial charge in [0.2, 0.25) is 6.41 Å². The molecule has 0 spiro atoms. The molecule has 0 aromatic heterocycles. The molecule has 30 heavy (non-hydrogen) atoms. The van der Waals surface area contributed by atoms with Gasteiger partial charge in [0.05, 0.1) is 6.42 Å². The quantitative estimate of drug-likeness (QED) is 0.177. The van der Waals surface area contributed by atoms with Crippen molar-refractivity contribution < 1.29 is 33.0 Å². The largest absolute Gasteiger partial charge is 0.334 e. The molecule has 0 aromatic rings. The van der Waals surface area contributed by atoms with Gasteiger partial charge < -0.3 is 4.84 Å². The third kappa shape index (κ3) is 5.78. The second-order valence-corrected chi connectivity index (χ2v) is 15.8. The van der Waals surface area contributed by atoms with Gasteiger partial charge in [-0.25, -0.2) is 9.10 Å². The minimum atomic E-state index is -2.32. The van der Waals surface area contributed by atoms with Crippen LogP contribution in [-0.2, 0) is 38.1 Å². The molecule has 0 aromatic carbocycles. The van der Waals surface area contributed by atoms with Crippen molar-refractivity contribution in [1.82, 2.24) is 14.3 Å². The number of hydrogen-bond acceptors (Lipinski definition) is 7. The van der Waals surface area contributed by atoms with Crippen molar-refractivity contribution in [1.29, 1.82) is 0 Å². The summed E-state index contributed by atoms with van der Waals surface area (Å²) in [5.74, 6) is -1.13. The second-order valence-electron chi connectivity index (χ2n) is 6.70. The Morgan fingerprint density at radius 1 is 1.23 bits per heavy atom. The molecule has 0 N–H and O–H groups in total. The van der Waals surface area contributed by atoms with Crippen molar-refractivity contribution in [2.24, 2.45) is 0 Å². The number of nitrogens with zero attached hydrogens (tertiary/aromatic N) is 3. The van der Waals surface area contributed by atoms with Gasteiger partial charge in [-0.1, -0.05) is 6.08 Å². The van der Waals surface area contributed by atoms with Gasteiger partial charge in [0.15, 0.2) is 0 Å². The minimum absolute atomic E-state index is 0.00771. The zero-order valence-electron chi connectivity index (χ0n) is 16.8. The van der Waals surface area contributed by atoms with Crippen LogP contribution in [0.3, 0.4) is 0 Å². The van der Waals surface area contributed by atoms with E-state index in [2.05, 4.69) is 9.24 Å². The maximum absolute atomic E-state index is 13.4. The number of carbonyl (C=O) groups is 5. The number of allylic oxidation sites excluding steroid dienone is 1. The highest BCUT2D eigenvalue weighted by Crippen LogP contribution is 2.43. The Bertz CT molecular complexity index is 867. The van der Waals surface area contributed by atoms with Gasteiger partial charge in [0.1, 0.15) is 0 Å². The SMILES string of the molecule is C/C=C\C(=O)N(C=O)CCN(CCC(=O)ON1C(=O)CCC1=O)S1(=O)=[PH](CP)CC1. The van der Waals surface area contributed by atoms with Crippen LogP contribution in [0.25, 0.3) is 0 Å². The van der Waals surface area contributed by atoms with E-state index in [1.807, 2.05) is 0 Å². The number of imide groups is 2. The molecular weight excluding hydrogens is 452 g/mol. The first-order valence-corrected chi connectivity index (χ1v) is 14.7. The van der Waals surface area contributed by atoms with E-state index in [1.54, 1.807) is 11.2 Å². The topological polar surface area (TPSA) is 121 Å². The van der Waals surface area contributed by atoms with Gasteiger partial charge in [-0.15, -0.1) is 14.3 Å². The molecule has 2 aliphatic rings. The van der Waals surface area contributed by atoms with E-state index in [0.717, 1.165) is 17.0 Å². The predicted molar refractivity (Wildman–Crippen MR) is 117 cm³/mol. The van der Waals surface area contributed by atoms with Gasteiger partial charge in [0, 0.05) is 47.5 Å². The molecule has 2 aliphatic heterocycles. The van der Waals surface area contributed by atoms with E-state index >= 15 is 0 Å². The molecule has 10 nitrogen and oxygen atoms in total. The van der Waals surface area contributed by atoms with E-state index in [4.69, 9.17) is 4.84 Å². The Morgan fingerprint density at radius 2 is 1.90 bits per heavy atom. The van der Waals surface area contributed by atoms with Crippen LogP contribution in [0.15, 0.2) is 12.2 Å². The molecule has 1 saturated heterocycles. The van der Waals surface area contributed by atoms with Crippen molar-refractivity contribution >= 4 is 55.3 Å². The molecule has 1 fully saturated rings. The van der Waals surface area contributed by atoms with Gasteiger partial charge >= 0.3 is 5.97 Å². The Morgan fingerprint density at radius 3 is 2.40 bits per heavy atom. The van der Waals surface area contributed by atoms with Crippen LogP contribution in [-0.4, -0.2) is 86.0 Å². The van der Waals surface area contributed by atoms with Gasteiger partial charge in [-0.3, -0.25) is 28.3 Å². The number of hydrogen-bond donors (Lipinski definition) is 0. The summed E-state index contributed by atoms with van der Waals surface area (Å²) in [6.07, 6.45) is 3.94. The summed E-state index contributed by atoms with van der Waals surface area (Å²) in [5, 5.41) is 0.484. The molecule has 0 saturated carbocycles. The summed E-state index contributed by atoms with van der Waals surface area (Å²) in [7, 11) is 0.291. The molecule has 0 radical (unpaired) electrons. The molecule has 0 aliphatic carbocycles. The fraction of sp³-hybridized carbons (Fsp3) is 0.588. The normalized spacial score (nSPS) is 23.7. The lowest BCUT2D eigenvalue weighted by molar-refractivity contribution is -0.197. The number of amides is 4. The second kappa shape index (κ2) is 11.2. The Kier molecular flexibility index (Phi) is 9.22. The molecule has 168 valence electrons.